The standard InChI is InChI=1S/C17H14FN3O3S/c1-9-7-12(16(23)24-2)13-14(19-9)20-17(21-15(13)22)25-8-10-3-5-11(18)6-4-10/h3-7H,8H2,1-2H3,(H,19,20,21,22). The number of aromatic amines is 1. The second kappa shape index (κ2) is 7.02. The average molecular weight is 359 g/mol. The van der Waals surface area contributed by atoms with Gasteiger partial charge in [0.2, 0.25) is 0 Å². The SMILES string of the molecule is COC(=O)c1cc(C)nc2nc(SCc3ccc(F)cc3)[nH]c(=O)c12. The molecule has 0 aliphatic carbocycles. The quantitative estimate of drug-likeness (QED) is 0.438. The highest BCUT2D eigenvalue weighted by Crippen LogP contribution is 2.21. The highest BCUT2D eigenvalue weighted by Gasteiger charge is 2.17. The van der Waals surface area contributed by atoms with E-state index in [0.29, 0.717) is 16.6 Å². The van der Waals surface area contributed by atoms with E-state index in [2.05, 4.69) is 15.0 Å². The number of pyridine rings is 1. The molecule has 0 amide bonds. The molecule has 0 unspecified atom stereocenters. The van der Waals surface area contributed by atoms with Gasteiger partial charge >= 0.3 is 5.97 Å². The summed E-state index contributed by atoms with van der Waals surface area (Å²) in [5.41, 5.74) is 1.31. The largest absolute Gasteiger partial charge is 0.465 e. The summed E-state index contributed by atoms with van der Waals surface area (Å²) in [6.45, 7) is 1.71. The Labute approximate surface area is 146 Å². The van der Waals surface area contributed by atoms with Crippen molar-refractivity contribution in [3.8, 4) is 0 Å². The number of nitrogens with one attached hydrogen (secondary N) is 1. The Morgan fingerprint density at radius 2 is 2.00 bits per heavy atom. The van der Waals surface area contributed by atoms with Gasteiger partial charge in [-0.25, -0.2) is 19.2 Å². The molecule has 0 atom stereocenters. The summed E-state index contributed by atoms with van der Waals surface area (Å²) in [6, 6.07) is 7.58. The van der Waals surface area contributed by atoms with Gasteiger partial charge < -0.3 is 9.72 Å². The number of fused-ring (bicyclic) bond motifs is 1. The molecule has 0 radical (unpaired) electrons. The molecule has 1 N–H and O–H groups in total. The lowest BCUT2D eigenvalue weighted by molar-refractivity contribution is 0.0602. The van der Waals surface area contributed by atoms with Crippen LogP contribution in [0.5, 0.6) is 0 Å². The molecule has 6 nitrogen and oxygen atoms in total. The summed E-state index contributed by atoms with van der Waals surface area (Å²) in [6.07, 6.45) is 0. The van der Waals surface area contributed by atoms with E-state index in [9.17, 15) is 14.0 Å². The minimum Gasteiger partial charge on any atom is -0.465 e. The second-order valence-corrected chi connectivity index (χ2v) is 6.25. The second-order valence-electron chi connectivity index (χ2n) is 5.29. The van der Waals surface area contributed by atoms with E-state index in [0.717, 1.165) is 5.56 Å². The summed E-state index contributed by atoms with van der Waals surface area (Å²) in [5, 5.41) is 0.472. The van der Waals surface area contributed by atoms with Crippen LogP contribution in [0, 0.1) is 12.7 Å². The molecule has 2 aromatic heterocycles. The highest BCUT2D eigenvalue weighted by molar-refractivity contribution is 7.98. The van der Waals surface area contributed by atoms with Gasteiger partial charge in [0.1, 0.15) is 5.82 Å². The molecule has 2 heterocycles. The first kappa shape index (κ1) is 17.1. The molecule has 0 saturated carbocycles. The minimum atomic E-state index is -0.616. The number of carbonyl (C=O) groups is 1. The first-order valence-corrected chi connectivity index (χ1v) is 8.33. The van der Waals surface area contributed by atoms with Crippen LogP contribution in [0.4, 0.5) is 4.39 Å². The maximum Gasteiger partial charge on any atom is 0.338 e. The van der Waals surface area contributed by atoms with Crippen LogP contribution in [0.2, 0.25) is 0 Å². The van der Waals surface area contributed by atoms with Gasteiger partial charge in [-0.3, -0.25) is 4.79 Å². The van der Waals surface area contributed by atoms with Gasteiger partial charge in [0, 0.05) is 11.4 Å². The normalized spacial score (nSPS) is 10.8. The van der Waals surface area contributed by atoms with Crippen molar-refractivity contribution in [2.45, 2.75) is 17.8 Å². The minimum absolute atomic E-state index is 0.101. The van der Waals surface area contributed by atoms with Crippen molar-refractivity contribution in [1.29, 1.82) is 0 Å². The molecule has 0 saturated heterocycles. The fourth-order valence-electron chi connectivity index (χ4n) is 2.32. The monoisotopic (exact) mass is 359 g/mol. The maximum absolute atomic E-state index is 12.9. The number of benzene rings is 1. The fourth-order valence-corrected chi connectivity index (χ4v) is 3.13. The maximum atomic E-state index is 12.9. The van der Waals surface area contributed by atoms with Crippen LogP contribution < -0.4 is 5.56 Å². The third kappa shape index (κ3) is 3.69. The number of hydrogen-bond donors (Lipinski definition) is 1. The van der Waals surface area contributed by atoms with E-state index in [1.165, 1.54) is 37.1 Å². The highest BCUT2D eigenvalue weighted by atomic mass is 32.2. The lowest BCUT2D eigenvalue weighted by atomic mass is 10.1. The molecule has 25 heavy (non-hydrogen) atoms. The smallest absolute Gasteiger partial charge is 0.338 e. The van der Waals surface area contributed by atoms with E-state index < -0.39 is 11.5 Å². The van der Waals surface area contributed by atoms with E-state index in [4.69, 9.17) is 4.74 Å². The number of aromatic nitrogens is 3. The van der Waals surface area contributed by atoms with Gasteiger partial charge in [-0.05, 0) is 30.7 Å². The Balaban J connectivity index is 1.97. The summed E-state index contributed by atoms with van der Waals surface area (Å²) in [4.78, 5) is 35.5. The van der Waals surface area contributed by atoms with Gasteiger partial charge in [0.05, 0.1) is 18.1 Å². The number of carbonyl (C=O) groups excluding carboxylic acids is 1. The van der Waals surface area contributed by atoms with Gasteiger partial charge in [-0.1, -0.05) is 23.9 Å². The first-order chi connectivity index (χ1) is 12.0. The molecular weight excluding hydrogens is 345 g/mol. The zero-order chi connectivity index (χ0) is 18.0. The molecule has 0 aliphatic rings. The zero-order valence-corrected chi connectivity index (χ0v) is 14.3. The molecule has 0 fully saturated rings. The summed E-state index contributed by atoms with van der Waals surface area (Å²) in [7, 11) is 1.25. The zero-order valence-electron chi connectivity index (χ0n) is 13.5. The van der Waals surface area contributed by atoms with Crippen molar-refractivity contribution in [2.24, 2.45) is 0 Å². The molecule has 0 bridgehead atoms. The number of rotatable bonds is 4. The van der Waals surface area contributed by atoms with Gasteiger partial charge in [0.15, 0.2) is 10.8 Å². The number of ether oxygens (including phenoxy) is 1. The van der Waals surface area contributed by atoms with E-state index >= 15 is 0 Å². The number of esters is 1. The number of thioether (sulfide) groups is 1. The van der Waals surface area contributed by atoms with Crippen LogP contribution in [0.25, 0.3) is 11.0 Å². The Morgan fingerprint density at radius 1 is 1.28 bits per heavy atom. The summed E-state index contributed by atoms with van der Waals surface area (Å²) >= 11 is 1.29. The summed E-state index contributed by atoms with van der Waals surface area (Å²) in [5.74, 6) is -0.416. The Morgan fingerprint density at radius 3 is 2.68 bits per heavy atom. The van der Waals surface area contributed by atoms with Crippen LogP contribution in [-0.2, 0) is 10.5 Å². The average Bonchev–Trinajstić information content (AvgIpc) is 2.59. The van der Waals surface area contributed by atoms with Crippen molar-refractivity contribution >= 4 is 28.8 Å². The molecule has 128 valence electrons. The van der Waals surface area contributed by atoms with Crippen LogP contribution in [0.3, 0.4) is 0 Å². The molecule has 0 spiro atoms. The number of methoxy groups -OCH3 is 1. The molecule has 8 heteroatoms. The van der Waals surface area contributed by atoms with Gasteiger partial charge in [-0.2, -0.15) is 0 Å². The lowest BCUT2D eigenvalue weighted by Crippen LogP contribution is -2.16. The van der Waals surface area contributed by atoms with Crippen LogP contribution >= 0.6 is 11.8 Å². The predicted octanol–water partition coefficient (Wildman–Crippen LogP) is 2.84. The Hall–Kier alpha value is -2.74. The number of hydrogen-bond acceptors (Lipinski definition) is 6. The third-order valence-electron chi connectivity index (χ3n) is 3.48. The molecular formula is C17H14FN3O3S. The number of nitrogens with zero attached hydrogens (tertiary/aromatic N) is 2. The van der Waals surface area contributed by atoms with E-state index in [-0.39, 0.29) is 22.4 Å². The third-order valence-corrected chi connectivity index (χ3v) is 4.42. The number of aryl methyl sites for hydroxylation is 1. The predicted molar refractivity (Wildman–Crippen MR) is 92.2 cm³/mol. The molecule has 3 aromatic rings. The van der Waals surface area contributed by atoms with Crippen LogP contribution in [-0.4, -0.2) is 28.0 Å². The van der Waals surface area contributed by atoms with E-state index in [1.54, 1.807) is 19.1 Å². The number of H-pyrrole nitrogens is 1. The molecule has 1 aromatic carbocycles. The number of halogens is 1. The van der Waals surface area contributed by atoms with Crippen LogP contribution in [0.1, 0.15) is 21.6 Å². The van der Waals surface area contributed by atoms with Gasteiger partial charge in [0.25, 0.3) is 5.56 Å². The van der Waals surface area contributed by atoms with Crippen molar-refractivity contribution in [1.82, 2.24) is 15.0 Å². The molecule has 3 rings (SSSR count). The Kier molecular flexibility index (Phi) is 4.80. The van der Waals surface area contributed by atoms with Crippen molar-refractivity contribution < 1.29 is 13.9 Å². The van der Waals surface area contributed by atoms with Crippen LogP contribution in [0.15, 0.2) is 40.3 Å². The van der Waals surface area contributed by atoms with Crippen molar-refractivity contribution in [3.63, 3.8) is 0 Å². The topological polar surface area (TPSA) is 84.9 Å². The van der Waals surface area contributed by atoms with Gasteiger partial charge in [-0.15, -0.1) is 0 Å². The lowest BCUT2D eigenvalue weighted by Gasteiger charge is -2.07. The summed E-state index contributed by atoms with van der Waals surface area (Å²) < 4.78 is 17.7. The Bertz CT molecular complexity index is 1000. The van der Waals surface area contributed by atoms with Crippen molar-refractivity contribution in [3.05, 3.63) is 63.3 Å². The van der Waals surface area contributed by atoms with E-state index in [1.807, 2.05) is 0 Å². The first-order valence-electron chi connectivity index (χ1n) is 7.35. The van der Waals surface area contributed by atoms with Crippen molar-refractivity contribution in [2.75, 3.05) is 7.11 Å². The fraction of sp³-hybridized carbons (Fsp3) is 0.176. The molecule has 0 aliphatic heterocycles.